The molecule has 158 valence electrons. The molecule has 1 aromatic carbocycles. The number of hydrogen-bond donors (Lipinski definition) is 1. The number of carbonyl (C=O) groups is 1. The van der Waals surface area contributed by atoms with Gasteiger partial charge in [-0.3, -0.25) is 9.69 Å². The molecule has 0 saturated carbocycles. The fraction of sp³-hybridized carbons (Fsp3) is 0.435. The van der Waals surface area contributed by atoms with Crippen molar-refractivity contribution >= 4 is 17.2 Å². The maximum Gasteiger partial charge on any atom is 0.240 e. The molecular formula is C23H28N4O2S. The van der Waals surface area contributed by atoms with E-state index in [9.17, 15) is 4.79 Å². The highest BCUT2D eigenvalue weighted by Crippen LogP contribution is 2.26. The number of nitrogens with one attached hydrogen (secondary N) is 1. The molecule has 1 N–H and O–H groups in total. The number of nitrogens with zero attached hydrogens (tertiary/aromatic N) is 3. The number of carbonyl (C=O) groups excluding carboxylic acids is 1. The second-order valence-electron chi connectivity index (χ2n) is 8.78. The van der Waals surface area contributed by atoms with Crippen molar-refractivity contribution in [2.45, 2.75) is 58.2 Å². The van der Waals surface area contributed by atoms with Crippen molar-refractivity contribution in [3.05, 3.63) is 69.5 Å². The molecule has 1 aliphatic rings. The van der Waals surface area contributed by atoms with Crippen LogP contribution < -0.4 is 5.32 Å². The maximum atomic E-state index is 13.1. The first-order chi connectivity index (χ1) is 14.4. The van der Waals surface area contributed by atoms with Crippen LogP contribution in [-0.4, -0.2) is 33.5 Å². The fourth-order valence-electron chi connectivity index (χ4n) is 3.68. The number of benzene rings is 1. The van der Waals surface area contributed by atoms with E-state index < -0.39 is 0 Å². The Labute approximate surface area is 181 Å². The molecule has 4 rings (SSSR count). The van der Waals surface area contributed by atoms with Crippen molar-refractivity contribution in [1.82, 2.24) is 20.4 Å². The van der Waals surface area contributed by atoms with Gasteiger partial charge in [-0.05, 0) is 35.4 Å². The Bertz CT molecular complexity index is 991. The summed E-state index contributed by atoms with van der Waals surface area (Å²) in [4.78, 5) is 21.1. The molecule has 0 bridgehead atoms. The molecule has 0 fully saturated rings. The third kappa shape index (κ3) is 4.79. The average Bonchev–Trinajstić information content (AvgIpc) is 3.39. The summed E-state index contributed by atoms with van der Waals surface area (Å²) in [5.74, 6) is 1.29. The molecule has 1 aliphatic heterocycles. The maximum absolute atomic E-state index is 13.1. The predicted molar refractivity (Wildman–Crippen MR) is 117 cm³/mol. The second kappa shape index (κ2) is 8.70. The lowest BCUT2D eigenvalue weighted by molar-refractivity contribution is -0.127. The van der Waals surface area contributed by atoms with Crippen LogP contribution in [0.25, 0.3) is 0 Å². The van der Waals surface area contributed by atoms with E-state index in [2.05, 4.69) is 64.7 Å². The molecule has 0 radical (unpaired) electrons. The van der Waals surface area contributed by atoms with Gasteiger partial charge in [0.05, 0.1) is 12.6 Å². The van der Waals surface area contributed by atoms with E-state index in [0.29, 0.717) is 37.8 Å². The number of amides is 1. The van der Waals surface area contributed by atoms with Crippen molar-refractivity contribution < 1.29 is 9.32 Å². The SMILES string of the molecule is CC(C)(C)c1noc(CN2Cc3ccccc3C[C@H]2C(=O)NCCc2cccs2)n1. The highest BCUT2D eigenvalue weighted by atomic mass is 32.1. The normalized spacial score (nSPS) is 17.0. The summed E-state index contributed by atoms with van der Waals surface area (Å²) >= 11 is 1.72. The molecule has 0 spiro atoms. The molecule has 30 heavy (non-hydrogen) atoms. The standard InChI is InChI=1S/C23H28N4O2S/c1-23(2,3)22-25-20(29-26-22)15-27-14-17-8-5-4-7-16(17)13-19(27)21(28)24-11-10-18-9-6-12-30-18/h4-9,12,19H,10-11,13-15H2,1-3H3,(H,24,28)/t19-/m0/s1. The Balaban J connectivity index is 1.48. The van der Waals surface area contributed by atoms with Crippen LogP contribution in [0.3, 0.4) is 0 Å². The van der Waals surface area contributed by atoms with E-state index in [0.717, 1.165) is 6.42 Å². The third-order valence-corrected chi connectivity index (χ3v) is 6.31. The van der Waals surface area contributed by atoms with E-state index in [-0.39, 0.29) is 17.4 Å². The van der Waals surface area contributed by atoms with Gasteiger partial charge in [-0.15, -0.1) is 11.3 Å². The van der Waals surface area contributed by atoms with Crippen molar-refractivity contribution in [2.24, 2.45) is 0 Å². The van der Waals surface area contributed by atoms with Crippen LogP contribution >= 0.6 is 11.3 Å². The Kier molecular flexibility index (Phi) is 6.01. The monoisotopic (exact) mass is 424 g/mol. The van der Waals surface area contributed by atoms with E-state index in [1.54, 1.807) is 11.3 Å². The highest BCUT2D eigenvalue weighted by Gasteiger charge is 2.33. The quantitative estimate of drug-likeness (QED) is 0.653. The lowest BCUT2D eigenvalue weighted by Crippen LogP contribution is -2.50. The average molecular weight is 425 g/mol. The molecule has 0 unspecified atom stereocenters. The van der Waals surface area contributed by atoms with Crippen LogP contribution in [0.2, 0.25) is 0 Å². The van der Waals surface area contributed by atoms with E-state index in [1.165, 1.54) is 16.0 Å². The number of hydrogen-bond acceptors (Lipinski definition) is 6. The molecule has 3 aromatic rings. The molecular weight excluding hydrogens is 396 g/mol. The van der Waals surface area contributed by atoms with Crippen LogP contribution in [0.15, 0.2) is 46.3 Å². The zero-order valence-electron chi connectivity index (χ0n) is 17.7. The van der Waals surface area contributed by atoms with Crippen LogP contribution in [0.4, 0.5) is 0 Å². The lowest BCUT2D eigenvalue weighted by atomic mass is 9.93. The number of aromatic nitrogens is 2. The summed E-state index contributed by atoms with van der Waals surface area (Å²) in [7, 11) is 0. The Morgan fingerprint density at radius 3 is 2.73 bits per heavy atom. The summed E-state index contributed by atoms with van der Waals surface area (Å²) in [6, 6.07) is 12.2. The summed E-state index contributed by atoms with van der Waals surface area (Å²) in [5.41, 5.74) is 2.30. The molecule has 0 saturated heterocycles. The minimum atomic E-state index is -0.256. The van der Waals surface area contributed by atoms with Gasteiger partial charge >= 0.3 is 0 Å². The molecule has 1 atom stereocenters. The van der Waals surface area contributed by atoms with Gasteiger partial charge < -0.3 is 9.84 Å². The number of fused-ring (bicyclic) bond motifs is 1. The molecule has 2 aromatic heterocycles. The molecule has 0 aliphatic carbocycles. The van der Waals surface area contributed by atoms with Crippen molar-refractivity contribution in [3.63, 3.8) is 0 Å². The van der Waals surface area contributed by atoms with Gasteiger partial charge in [0.1, 0.15) is 0 Å². The Hall–Kier alpha value is -2.51. The van der Waals surface area contributed by atoms with Gasteiger partial charge in [-0.1, -0.05) is 56.3 Å². The first-order valence-electron chi connectivity index (χ1n) is 10.3. The Morgan fingerprint density at radius 2 is 2.03 bits per heavy atom. The van der Waals surface area contributed by atoms with Crippen LogP contribution in [0.5, 0.6) is 0 Å². The molecule has 6 nitrogen and oxygen atoms in total. The van der Waals surface area contributed by atoms with Gasteiger partial charge in [0.25, 0.3) is 0 Å². The van der Waals surface area contributed by atoms with Gasteiger partial charge in [0.15, 0.2) is 5.82 Å². The largest absolute Gasteiger partial charge is 0.354 e. The summed E-state index contributed by atoms with van der Waals surface area (Å²) in [6.07, 6.45) is 1.53. The van der Waals surface area contributed by atoms with Crippen LogP contribution in [0.1, 0.15) is 48.5 Å². The number of thiophene rings is 1. The lowest BCUT2D eigenvalue weighted by Gasteiger charge is -2.35. The van der Waals surface area contributed by atoms with Crippen molar-refractivity contribution in [1.29, 1.82) is 0 Å². The van der Waals surface area contributed by atoms with Gasteiger partial charge in [0.2, 0.25) is 11.8 Å². The fourth-order valence-corrected chi connectivity index (χ4v) is 4.39. The topological polar surface area (TPSA) is 71.3 Å². The van der Waals surface area contributed by atoms with Crippen LogP contribution in [-0.2, 0) is 36.1 Å². The van der Waals surface area contributed by atoms with Crippen molar-refractivity contribution in [2.75, 3.05) is 6.54 Å². The minimum absolute atomic E-state index is 0.0524. The van der Waals surface area contributed by atoms with Crippen LogP contribution in [0, 0.1) is 0 Å². The minimum Gasteiger partial charge on any atom is -0.354 e. The Morgan fingerprint density at radius 1 is 1.23 bits per heavy atom. The summed E-state index contributed by atoms with van der Waals surface area (Å²) in [5, 5.41) is 9.32. The zero-order valence-corrected chi connectivity index (χ0v) is 18.5. The summed E-state index contributed by atoms with van der Waals surface area (Å²) in [6.45, 7) is 7.96. The molecule has 3 heterocycles. The van der Waals surface area contributed by atoms with E-state index >= 15 is 0 Å². The number of rotatable bonds is 6. The molecule has 7 heteroatoms. The van der Waals surface area contributed by atoms with Crippen molar-refractivity contribution in [3.8, 4) is 0 Å². The van der Waals surface area contributed by atoms with Gasteiger partial charge in [-0.2, -0.15) is 4.98 Å². The first kappa shape index (κ1) is 20.8. The smallest absolute Gasteiger partial charge is 0.240 e. The van der Waals surface area contributed by atoms with E-state index in [1.807, 2.05) is 18.2 Å². The predicted octanol–water partition coefficient (Wildman–Crippen LogP) is 3.71. The second-order valence-corrected chi connectivity index (χ2v) is 9.81. The first-order valence-corrected chi connectivity index (χ1v) is 11.2. The highest BCUT2D eigenvalue weighted by molar-refractivity contribution is 7.09. The third-order valence-electron chi connectivity index (χ3n) is 5.38. The summed E-state index contributed by atoms with van der Waals surface area (Å²) < 4.78 is 5.51. The van der Waals surface area contributed by atoms with E-state index in [4.69, 9.17) is 4.52 Å². The molecule has 1 amide bonds. The van der Waals surface area contributed by atoms with Gasteiger partial charge in [0, 0.05) is 23.4 Å². The zero-order chi connectivity index (χ0) is 21.1. The van der Waals surface area contributed by atoms with Gasteiger partial charge in [-0.25, -0.2) is 0 Å².